The second-order valence-electron chi connectivity index (χ2n) is 4.28. The van der Waals surface area contributed by atoms with E-state index in [0.717, 1.165) is 21.2 Å². The first-order valence-electron chi connectivity index (χ1n) is 5.21. The molecule has 0 saturated carbocycles. The molecule has 3 nitrogen and oxygen atoms in total. The van der Waals surface area contributed by atoms with Gasteiger partial charge in [0.05, 0.1) is 11.2 Å². The van der Waals surface area contributed by atoms with E-state index in [1.807, 2.05) is 6.20 Å². The van der Waals surface area contributed by atoms with Crippen molar-refractivity contribution in [2.24, 2.45) is 0 Å². The number of hydrogen-bond donors (Lipinski definition) is 0. The van der Waals surface area contributed by atoms with Crippen LogP contribution in [0.3, 0.4) is 0 Å². The van der Waals surface area contributed by atoms with E-state index in [1.165, 1.54) is 0 Å². The van der Waals surface area contributed by atoms with Gasteiger partial charge in [-0.1, -0.05) is 39.0 Å². The molecule has 0 saturated heterocycles. The SMILES string of the molecule is CC(C)c1ncc2nc(C(C)C)sc2n1. The molecule has 0 spiro atoms. The molecule has 2 aromatic rings. The summed E-state index contributed by atoms with van der Waals surface area (Å²) in [5.74, 6) is 1.74. The average Bonchev–Trinajstić information content (AvgIpc) is 2.59. The minimum absolute atomic E-state index is 0.374. The first kappa shape index (κ1) is 10.5. The van der Waals surface area contributed by atoms with Crippen molar-refractivity contribution >= 4 is 21.7 Å². The summed E-state index contributed by atoms with van der Waals surface area (Å²) in [6.07, 6.45) is 1.83. The maximum Gasteiger partial charge on any atom is 0.147 e. The molecule has 4 heteroatoms. The molecular weight excluding hydrogens is 206 g/mol. The lowest BCUT2D eigenvalue weighted by Crippen LogP contribution is -1.95. The highest BCUT2D eigenvalue weighted by atomic mass is 32.1. The molecule has 0 amide bonds. The van der Waals surface area contributed by atoms with E-state index in [1.54, 1.807) is 11.3 Å². The van der Waals surface area contributed by atoms with Crippen molar-refractivity contribution in [1.82, 2.24) is 15.0 Å². The third-order valence-electron chi connectivity index (χ3n) is 2.20. The van der Waals surface area contributed by atoms with Gasteiger partial charge in [0.2, 0.25) is 0 Å². The Morgan fingerprint density at radius 2 is 1.80 bits per heavy atom. The summed E-state index contributed by atoms with van der Waals surface area (Å²) in [6, 6.07) is 0. The highest BCUT2D eigenvalue weighted by Crippen LogP contribution is 2.26. The van der Waals surface area contributed by atoms with Crippen molar-refractivity contribution in [2.75, 3.05) is 0 Å². The van der Waals surface area contributed by atoms with Gasteiger partial charge >= 0.3 is 0 Å². The number of aromatic nitrogens is 3. The average molecular weight is 221 g/mol. The topological polar surface area (TPSA) is 38.7 Å². The molecule has 0 fully saturated rings. The normalized spacial score (nSPS) is 11.9. The lowest BCUT2D eigenvalue weighted by atomic mass is 10.2. The van der Waals surface area contributed by atoms with E-state index >= 15 is 0 Å². The molecule has 0 atom stereocenters. The summed E-state index contributed by atoms with van der Waals surface area (Å²) in [6.45, 7) is 8.50. The van der Waals surface area contributed by atoms with Gasteiger partial charge in [-0.05, 0) is 0 Å². The minimum Gasteiger partial charge on any atom is -0.239 e. The number of rotatable bonds is 2. The van der Waals surface area contributed by atoms with Crippen LogP contribution in [0.25, 0.3) is 10.3 Å². The maximum absolute atomic E-state index is 4.52. The second-order valence-corrected chi connectivity index (χ2v) is 5.29. The van der Waals surface area contributed by atoms with Crippen LogP contribution in [0.2, 0.25) is 0 Å². The molecule has 0 aliphatic heterocycles. The van der Waals surface area contributed by atoms with Gasteiger partial charge in [0.15, 0.2) is 0 Å². The van der Waals surface area contributed by atoms with Crippen molar-refractivity contribution in [2.45, 2.75) is 39.5 Å². The van der Waals surface area contributed by atoms with E-state index in [0.29, 0.717) is 11.8 Å². The molecule has 0 radical (unpaired) electrons. The van der Waals surface area contributed by atoms with Gasteiger partial charge in [0.1, 0.15) is 16.2 Å². The van der Waals surface area contributed by atoms with Crippen molar-refractivity contribution in [3.63, 3.8) is 0 Å². The smallest absolute Gasteiger partial charge is 0.147 e. The third kappa shape index (κ3) is 2.00. The minimum atomic E-state index is 0.374. The summed E-state index contributed by atoms with van der Waals surface area (Å²) >= 11 is 1.67. The van der Waals surface area contributed by atoms with Gasteiger partial charge < -0.3 is 0 Å². The predicted octanol–water partition coefficient (Wildman–Crippen LogP) is 3.33. The number of hydrogen-bond acceptors (Lipinski definition) is 4. The van der Waals surface area contributed by atoms with E-state index in [2.05, 4.69) is 42.6 Å². The molecular formula is C11H15N3S. The highest BCUT2D eigenvalue weighted by molar-refractivity contribution is 7.18. The van der Waals surface area contributed by atoms with Crippen molar-refractivity contribution in [1.29, 1.82) is 0 Å². The van der Waals surface area contributed by atoms with E-state index in [9.17, 15) is 0 Å². The molecule has 0 aliphatic carbocycles. The Labute approximate surface area is 93.6 Å². The van der Waals surface area contributed by atoms with Crippen LogP contribution in [0.15, 0.2) is 6.20 Å². The first-order chi connectivity index (χ1) is 7.08. The van der Waals surface area contributed by atoms with Crippen molar-refractivity contribution in [3.05, 3.63) is 17.0 Å². The van der Waals surface area contributed by atoms with Crippen LogP contribution in [-0.2, 0) is 0 Å². The zero-order chi connectivity index (χ0) is 11.0. The fraction of sp³-hybridized carbons (Fsp3) is 0.545. The van der Waals surface area contributed by atoms with Crippen molar-refractivity contribution < 1.29 is 0 Å². The Morgan fingerprint density at radius 1 is 1.07 bits per heavy atom. The molecule has 2 aromatic heterocycles. The van der Waals surface area contributed by atoms with Crippen LogP contribution in [0, 0.1) is 0 Å². The predicted molar refractivity (Wildman–Crippen MR) is 63.4 cm³/mol. The van der Waals surface area contributed by atoms with E-state index in [-0.39, 0.29) is 0 Å². The Balaban J connectivity index is 2.52. The lowest BCUT2D eigenvalue weighted by molar-refractivity contribution is 0.783. The highest BCUT2D eigenvalue weighted by Gasteiger charge is 2.10. The van der Waals surface area contributed by atoms with Gasteiger partial charge in [0.25, 0.3) is 0 Å². The summed E-state index contributed by atoms with van der Waals surface area (Å²) in [5.41, 5.74) is 0.924. The number of nitrogens with zero attached hydrogens (tertiary/aromatic N) is 3. The fourth-order valence-corrected chi connectivity index (χ4v) is 2.21. The van der Waals surface area contributed by atoms with E-state index in [4.69, 9.17) is 0 Å². The van der Waals surface area contributed by atoms with Crippen LogP contribution < -0.4 is 0 Å². The Bertz CT molecular complexity index is 468. The van der Waals surface area contributed by atoms with Crippen LogP contribution in [-0.4, -0.2) is 15.0 Å². The largest absolute Gasteiger partial charge is 0.239 e. The molecule has 0 bridgehead atoms. The quantitative estimate of drug-likeness (QED) is 0.780. The molecule has 0 aromatic carbocycles. The molecule has 0 N–H and O–H groups in total. The zero-order valence-corrected chi connectivity index (χ0v) is 10.3. The summed E-state index contributed by atoms with van der Waals surface area (Å²) in [5, 5.41) is 1.14. The summed E-state index contributed by atoms with van der Waals surface area (Å²) < 4.78 is 0. The first-order valence-corrected chi connectivity index (χ1v) is 6.03. The molecule has 0 unspecified atom stereocenters. The van der Waals surface area contributed by atoms with Gasteiger partial charge in [0, 0.05) is 11.8 Å². The van der Waals surface area contributed by atoms with Gasteiger partial charge in [-0.2, -0.15) is 0 Å². The van der Waals surface area contributed by atoms with Crippen molar-refractivity contribution in [3.8, 4) is 0 Å². The van der Waals surface area contributed by atoms with Crippen LogP contribution in [0.4, 0.5) is 0 Å². The fourth-order valence-electron chi connectivity index (χ4n) is 1.29. The lowest BCUT2D eigenvalue weighted by Gasteiger charge is -2.00. The van der Waals surface area contributed by atoms with Crippen LogP contribution >= 0.6 is 11.3 Å². The maximum atomic E-state index is 4.52. The molecule has 2 heterocycles. The Morgan fingerprint density at radius 3 is 2.40 bits per heavy atom. The molecule has 2 rings (SSSR count). The summed E-state index contributed by atoms with van der Waals surface area (Å²) in [7, 11) is 0. The Kier molecular flexibility index (Phi) is 2.69. The number of thiazole rings is 1. The second kappa shape index (κ2) is 3.85. The summed E-state index contributed by atoms with van der Waals surface area (Å²) in [4.78, 5) is 14.4. The molecule has 15 heavy (non-hydrogen) atoms. The molecule has 80 valence electrons. The monoisotopic (exact) mass is 221 g/mol. The van der Waals surface area contributed by atoms with Gasteiger partial charge in [-0.15, -0.1) is 0 Å². The zero-order valence-electron chi connectivity index (χ0n) is 9.48. The van der Waals surface area contributed by atoms with Crippen LogP contribution in [0.1, 0.15) is 50.4 Å². The van der Waals surface area contributed by atoms with E-state index < -0.39 is 0 Å². The number of fused-ring (bicyclic) bond motifs is 1. The Hall–Kier alpha value is -1.03. The molecule has 0 aliphatic rings. The third-order valence-corrected chi connectivity index (χ3v) is 3.46. The van der Waals surface area contributed by atoms with Gasteiger partial charge in [-0.25, -0.2) is 15.0 Å². The van der Waals surface area contributed by atoms with Gasteiger partial charge in [-0.3, -0.25) is 0 Å². The standard InChI is InChI=1S/C11H15N3S/c1-6(2)9-12-5-8-11(14-9)15-10(13-8)7(3)4/h5-7H,1-4H3. The van der Waals surface area contributed by atoms with Crippen LogP contribution in [0.5, 0.6) is 0 Å².